The largest absolute Gasteiger partial charge is 0.508 e. The molecule has 0 aliphatic heterocycles. The van der Waals surface area contributed by atoms with E-state index in [2.05, 4.69) is 21.2 Å². The molecule has 0 radical (unpaired) electrons. The summed E-state index contributed by atoms with van der Waals surface area (Å²) in [6, 6.07) is 12.4. The smallest absolute Gasteiger partial charge is 0.252 e. The summed E-state index contributed by atoms with van der Waals surface area (Å²) in [5.41, 5.74) is 2.55. The normalized spacial score (nSPS) is 10.2. The molecule has 3 nitrogen and oxygen atoms in total. The summed E-state index contributed by atoms with van der Waals surface area (Å²) in [7, 11) is 0. The first kappa shape index (κ1) is 13.6. The molecule has 0 unspecified atom stereocenters. The van der Waals surface area contributed by atoms with Gasteiger partial charge in [0.15, 0.2) is 0 Å². The molecule has 0 saturated carbocycles. The Bertz CT molecular complexity index is 611. The minimum atomic E-state index is -0.143. The monoisotopic (exact) mass is 319 g/mol. The highest BCUT2D eigenvalue weighted by Gasteiger charge is 2.09. The Labute approximate surface area is 120 Å². The third kappa shape index (κ3) is 3.58. The van der Waals surface area contributed by atoms with Crippen molar-refractivity contribution < 1.29 is 9.90 Å². The Balaban J connectivity index is 2.05. The van der Waals surface area contributed by atoms with Crippen molar-refractivity contribution in [1.82, 2.24) is 5.32 Å². The number of aryl methyl sites for hydroxylation is 1. The molecular formula is C15H14BrNO2. The van der Waals surface area contributed by atoms with E-state index in [1.54, 1.807) is 24.3 Å². The first-order valence-electron chi connectivity index (χ1n) is 5.88. The summed E-state index contributed by atoms with van der Waals surface area (Å²) in [4.78, 5) is 12.0. The average molecular weight is 320 g/mol. The highest BCUT2D eigenvalue weighted by molar-refractivity contribution is 9.10. The van der Waals surface area contributed by atoms with Crippen molar-refractivity contribution in [2.45, 2.75) is 13.5 Å². The van der Waals surface area contributed by atoms with Gasteiger partial charge < -0.3 is 10.4 Å². The van der Waals surface area contributed by atoms with Crippen LogP contribution in [-0.2, 0) is 6.54 Å². The van der Waals surface area contributed by atoms with Gasteiger partial charge in [0.25, 0.3) is 5.91 Å². The topological polar surface area (TPSA) is 49.3 Å². The summed E-state index contributed by atoms with van der Waals surface area (Å²) < 4.78 is 0.779. The molecule has 0 bridgehead atoms. The Hall–Kier alpha value is -1.81. The average Bonchev–Trinajstić information content (AvgIpc) is 2.36. The van der Waals surface area contributed by atoms with Gasteiger partial charge in [-0.05, 0) is 58.2 Å². The second-order valence-corrected chi connectivity index (χ2v) is 5.19. The van der Waals surface area contributed by atoms with Crippen LogP contribution in [0.25, 0.3) is 0 Å². The SMILES string of the molecule is Cc1ccc(C(=O)NCc2cccc(O)c2)c(Br)c1. The zero-order valence-electron chi connectivity index (χ0n) is 10.5. The zero-order valence-corrected chi connectivity index (χ0v) is 12.1. The van der Waals surface area contributed by atoms with E-state index in [0.717, 1.165) is 15.6 Å². The molecule has 19 heavy (non-hydrogen) atoms. The lowest BCUT2D eigenvalue weighted by atomic mass is 10.1. The molecule has 0 aliphatic carbocycles. The van der Waals surface area contributed by atoms with E-state index in [1.807, 2.05) is 25.1 Å². The van der Waals surface area contributed by atoms with Gasteiger partial charge in [0.2, 0.25) is 0 Å². The number of phenols is 1. The van der Waals surface area contributed by atoms with Gasteiger partial charge in [-0.3, -0.25) is 4.79 Å². The molecule has 2 aromatic carbocycles. The summed E-state index contributed by atoms with van der Waals surface area (Å²) in [6.07, 6.45) is 0. The molecule has 0 aromatic heterocycles. The second-order valence-electron chi connectivity index (χ2n) is 4.34. The lowest BCUT2D eigenvalue weighted by Crippen LogP contribution is -2.23. The highest BCUT2D eigenvalue weighted by Crippen LogP contribution is 2.18. The van der Waals surface area contributed by atoms with E-state index < -0.39 is 0 Å². The predicted molar refractivity (Wildman–Crippen MR) is 78.2 cm³/mol. The van der Waals surface area contributed by atoms with Crippen LogP contribution >= 0.6 is 15.9 Å². The summed E-state index contributed by atoms with van der Waals surface area (Å²) in [6.45, 7) is 2.35. The van der Waals surface area contributed by atoms with Crippen molar-refractivity contribution >= 4 is 21.8 Å². The number of carbonyl (C=O) groups is 1. The number of hydrogen-bond acceptors (Lipinski definition) is 2. The Morgan fingerprint density at radius 2 is 2.05 bits per heavy atom. The van der Waals surface area contributed by atoms with Crippen LogP contribution in [-0.4, -0.2) is 11.0 Å². The number of rotatable bonds is 3. The Morgan fingerprint density at radius 3 is 2.74 bits per heavy atom. The van der Waals surface area contributed by atoms with Crippen LogP contribution < -0.4 is 5.32 Å². The number of hydrogen-bond donors (Lipinski definition) is 2. The minimum Gasteiger partial charge on any atom is -0.508 e. The molecule has 0 fully saturated rings. The molecular weight excluding hydrogens is 306 g/mol. The molecule has 1 amide bonds. The van der Waals surface area contributed by atoms with Gasteiger partial charge in [-0.15, -0.1) is 0 Å². The van der Waals surface area contributed by atoms with Gasteiger partial charge in [-0.25, -0.2) is 0 Å². The number of nitrogens with one attached hydrogen (secondary N) is 1. The summed E-state index contributed by atoms with van der Waals surface area (Å²) in [5.74, 6) is 0.0542. The highest BCUT2D eigenvalue weighted by atomic mass is 79.9. The first-order valence-corrected chi connectivity index (χ1v) is 6.68. The molecule has 98 valence electrons. The van der Waals surface area contributed by atoms with Gasteiger partial charge >= 0.3 is 0 Å². The van der Waals surface area contributed by atoms with Crippen molar-refractivity contribution in [3.8, 4) is 5.75 Å². The second kappa shape index (κ2) is 5.89. The van der Waals surface area contributed by atoms with E-state index in [-0.39, 0.29) is 11.7 Å². The van der Waals surface area contributed by atoms with Crippen LogP contribution in [0, 0.1) is 6.92 Å². The molecule has 0 heterocycles. The summed E-state index contributed by atoms with van der Waals surface area (Å²) in [5, 5.41) is 12.2. The fourth-order valence-electron chi connectivity index (χ4n) is 1.75. The van der Waals surface area contributed by atoms with Gasteiger partial charge in [0, 0.05) is 11.0 Å². The predicted octanol–water partition coefficient (Wildman–Crippen LogP) is 3.39. The fraction of sp³-hybridized carbons (Fsp3) is 0.133. The van der Waals surface area contributed by atoms with E-state index in [4.69, 9.17) is 0 Å². The standard InChI is InChI=1S/C15H14BrNO2/c1-10-5-6-13(14(16)7-10)15(19)17-9-11-3-2-4-12(18)8-11/h2-8,18H,9H2,1H3,(H,17,19). The van der Waals surface area contributed by atoms with E-state index in [0.29, 0.717) is 12.1 Å². The molecule has 0 saturated heterocycles. The van der Waals surface area contributed by atoms with Crippen molar-refractivity contribution in [3.05, 3.63) is 63.6 Å². The number of aromatic hydroxyl groups is 1. The van der Waals surface area contributed by atoms with Crippen molar-refractivity contribution in [1.29, 1.82) is 0 Å². The van der Waals surface area contributed by atoms with Gasteiger partial charge in [-0.2, -0.15) is 0 Å². The molecule has 4 heteroatoms. The van der Waals surface area contributed by atoms with Crippen molar-refractivity contribution in [2.75, 3.05) is 0 Å². The Kier molecular flexibility index (Phi) is 4.22. The molecule has 2 N–H and O–H groups in total. The van der Waals surface area contributed by atoms with E-state index in [1.165, 1.54) is 0 Å². The van der Waals surface area contributed by atoms with Crippen LogP contribution in [0.4, 0.5) is 0 Å². The minimum absolute atomic E-state index is 0.143. The number of benzene rings is 2. The molecule has 2 aromatic rings. The van der Waals surface area contributed by atoms with Gasteiger partial charge in [0.1, 0.15) is 5.75 Å². The van der Waals surface area contributed by atoms with Crippen LogP contribution in [0.15, 0.2) is 46.9 Å². The first-order chi connectivity index (χ1) is 9.06. The maximum Gasteiger partial charge on any atom is 0.252 e. The van der Waals surface area contributed by atoms with Crippen LogP contribution in [0.1, 0.15) is 21.5 Å². The molecule has 0 atom stereocenters. The molecule has 2 rings (SSSR count). The number of halogens is 1. The van der Waals surface area contributed by atoms with Gasteiger partial charge in [0.05, 0.1) is 5.56 Å². The maximum atomic E-state index is 12.0. The van der Waals surface area contributed by atoms with Gasteiger partial charge in [-0.1, -0.05) is 18.2 Å². The lowest BCUT2D eigenvalue weighted by Gasteiger charge is -2.08. The van der Waals surface area contributed by atoms with Crippen molar-refractivity contribution in [2.24, 2.45) is 0 Å². The van der Waals surface area contributed by atoms with Crippen LogP contribution in [0.2, 0.25) is 0 Å². The third-order valence-corrected chi connectivity index (χ3v) is 3.39. The third-order valence-electron chi connectivity index (χ3n) is 2.73. The van der Waals surface area contributed by atoms with E-state index >= 15 is 0 Å². The fourth-order valence-corrected chi connectivity index (χ4v) is 2.42. The van der Waals surface area contributed by atoms with Crippen LogP contribution in [0.5, 0.6) is 5.75 Å². The summed E-state index contributed by atoms with van der Waals surface area (Å²) >= 11 is 3.38. The number of carbonyl (C=O) groups excluding carboxylic acids is 1. The number of amides is 1. The van der Waals surface area contributed by atoms with Crippen molar-refractivity contribution in [3.63, 3.8) is 0 Å². The van der Waals surface area contributed by atoms with E-state index in [9.17, 15) is 9.90 Å². The number of phenolic OH excluding ortho intramolecular Hbond substituents is 1. The zero-order chi connectivity index (χ0) is 13.8. The molecule has 0 aliphatic rings. The molecule has 0 spiro atoms. The van der Waals surface area contributed by atoms with Crippen LogP contribution in [0.3, 0.4) is 0 Å². The lowest BCUT2D eigenvalue weighted by molar-refractivity contribution is 0.0950. The maximum absolute atomic E-state index is 12.0. The quantitative estimate of drug-likeness (QED) is 0.911. The Morgan fingerprint density at radius 1 is 1.26 bits per heavy atom.